The Morgan fingerprint density at radius 1 is 1.50 bits per heavy atom. The van der Waals surface area contributed by atoms with Crippen LogP contribution in [0.15, 0.2) is 16.6 Å². The lowest BCUT2D eigenvalue weighted by atomic mass is 9.87. The summed E-state index contributed by atoms with van der Waals surface area (Å²) < 4.78 is 0.895. The fourth-order valence-corrected chi connectivity index (χ4v) is 3.86. The van der Waals surface area contributed by atoms with Crippen LogP contribution >= 0.6 is 27.5 Å². The van der Waals surface area contributed by atoms with Gasteiger partial charge in [-0.3, -0.25) is 4.79 Å². The molecule has 1 saturated heterocycles. The Balaban J connectivity index is 2.20. The number of hydrogen-bond acceptors (Lipinski definition) is 3. The summed E-state index contributed by atoms with van der Waals surface area (Å²) >= 11 is 9.66. The summed E-state index contributed by atoms with van der Waals surface area (Å²) in [5.74, 6) is -0.0734. The zero-order valence-electron chi connectivity index (χ0n) is 12.7. The van der Waals surface area contributed by atoms with Gasteiger partial charge in [-0.2, -0.15) is 5.26 Å². The Morgan fingerprint density at radius 3 is 2.68 bits per heavy atom. The predicted octanol–water partition coefficient (Wildman–Crippen LogP) is 3.06. The third-order valence-corrected chi connectivity index (χ3v) is 5.16. The molecule has 22 heavy (non-hydrogen) atoms. The number of aryl methyl sites for hydroxylation is 1. The molecular weight excluding hydrogens is 366 g/mol. The number of likely N-dealkylation sites (N-methyl/N-ethyl adjacent to an activating group) is 1. The first-order valence-corrected chi connectivity index (χ1v) is 8.40. The average molecular weight is 385 g/mol. The van der Waals surface area contributed by atoms with Crippen LogP contribution in [0.1, 0.15) is 24.0 Å². The molecule has 1 aromatic rings. The number of benzene rings is 1. The second-order valence-electron chi connectivity index (χ2n) is 5.71. The highest BCUT2D eigenvalue weighted by Crippen LogP contribution is 2.29. The molecule has 1 N–H and O–H groups in total. The van der Waals surface area contributed by atoms with Crippen LogP contribution in [0.25, 0.3) is 0 Å². The molecule has 1 fully saturated rings. The number of amides is 1. The van der Waals surface area contributed by atoms with E-state index in [2.05, 4.69) is 27.3 Å². The van der Waals surface area contributed by atoms with Gasteiger partial charge in [0.05, 0.1) is 12.5 Å². The van der Waals surface area contributed by atoms with Crippen LogP contribution < -0.4 is 5.32 Å². The van der Waals surface area contributed by atoms with Crippen molar-refractivity contribution in [3.8, 4) is 6.07 Å². The Morgan fingerprint density at radius 2 is 2.14 bits per heavy atom. The summed E-state index contributed by atoms with van der Waals surface area (Å²) in [7, 11) is 1.72. The number of piperidine rings is 1. The lowest BCUT2D eigenvalue weighted by molar-refractivity contribution is -0.133. The smallest absolute Gasteiger partial charge is 0.228 e. The molecule has 1 heterocycles. The van der Waals surface area contributed by atoms with Crippen molar-refractivity contribution in [1.29, 1.82) is 5.26 Å². The molecule has 1 aliphatic rings. The number of nitriles is 1. The number of rotatable bonds is 3. The number of nitrogens with one attached hydrogen (secondary N) is 1. The molecule has 0 saturated carbocycles. The zero-order chi connectivity index (χ0) is 16.3. The summed E-state index contributed by atoms with van der Waals surface area (Å²) in [6.45, 7) is 3.44. The van der Waals surface area contributed by atoms with Crippen molar-refractivity contribution < 1.29 is 4.79 Å². The minimum atomic E-state index is -0.710. The van der Waals surface area contributed by atoms with Gasteiger partial charge in [-0.05, 0) is 56.1 Å². The maximum Gasteiger partial charge on any atom is 0.228 e. The van der Waals surface area contributed by atoms with Gasteiger partial charge in [0.2, 0.25) is 5.91 Å². The molecule has 6 heteroatoms. The summed E-state index contributed by atoms with van der Waals surface area (Å²) in [6.07, 6.45) is 1.52. The van der Waals surface area contributed by atoms with E-state index in [4.69, 9.17) is 11.6 Å². The number of hydrogen-bond donors (Lipinski definition) is 1. The molecule has 1 amide bonds. The SMILES string of the molecule is Cc1cc(Br)cc(Cl)c1CC(=O)N(C)C1(C#N)CCNCC1. The minimum absolute atomic E-state index is 0.0734. The van der Waals surface area contributed by atoms with E-state index in [0.717, 1.165) is 28.7 Å². The molecule has 0 spiro atoms. The molecule has 0 radical (unpaired) electrons. The molecule has 0 unspecified atom stereocenters. The van der Waals surface area contributed by atoms with Gasteiger partial charge in [0.1, 0.15) is 5.54 Å². The molecular formula is C16H19BrClN3O. The summed E-state index contributed by atoms with van der Waals surface area (Å²) in [5, 5.41) is 13.4. The van der Waals surface area contributed by atoms with Gasteiger partial charge in [0.25, 0.3) is 0 Å². The minimum Gasteiger partial charge on any atom is -0.327 e. The molecule has 1 aromatic carbocycles. The Hall–Kier alpha value is -1.09. The largest absolute Gasteiger partial charge is 0.327 e. The van der Waals surface area contributed by atoms with E-state index in [1.54, 1.807) is 18.0 Å². The summed E-state index contributed by atoms with van der Waals surface area (Å²) in [6, 6.07) is 6.08. The van der Waals surface area contributed by atoms with Crippen LogP contribution in [0.5, 0.6) is 0 Å². The average Bonchev–Trinajstić information content (AvgIpc) is 2.50. The van der Waals surface area contributed by atoms with Crippen molar-refractivity contribution in [2.24, 2.45) is 0 Å². The second-order valence-corrected chi connectivity index (χ2v) is 7.03. The Bertz CT molecular complexity index is 597. The second kappa shape index (κ2) is 6.99. The maximum atomic E-state index is 12.6. The van der Waals surface area contributed by atoms with E-state index < -0.39 is 5.54 Å². The van der Waals surface area contributed by atoms with Crippen LogP contribution in [0.3, 0.4) is 0 Å². The molecule has 0 aromatic heterocycles. The third-order valence-electron chi connectivity index (χ3n) is 4.37. The van der Waals surface area contributed by atoms with Crippen molar-refractivity contribution in [3.63, 3.8) is 0 Å². The lowest BCUT2D eigenvalue weighted by Crippen LogP contribution is -2.54. The van der Waals surface area contributed by atoms with E-state index in [0.29, 0.717) is 17.9 Å². The van der Waals surface area contributed by atoms with Crippen molar-refractivity contribution >= 4 is 33.4 Å². The highest BCUT2D eigenvalue weighted by Gasteiger charge is 2.38. The highest BCUT2D eigenvalue weighted by atomic mass is 79.9. The zero-order valence-corrected chi connectivity index (χ0v) is 15.1. The van der Waals surface area contributed by atoms with Gasteiger partial charge in [0, 0.05) is 16.5 Å². The van der Waals surface area contributed by atoms with Crippen LogP contribution in [0.2, 0.25) is 5.02 Å². The molecule has 0 atom stereocenters. The van der Waals surface area contributed by atoms with Crippen LogP contribution in [0.4, 0.5) is 0 Å². The number of carbonyl (C=O) groups excluding carboxylic acids is 1. The predicted molar refractivity (Wildman–Crippen MR) is 90.8 cm³/mol. The maximum absolute atomic E-state index is 12.6. The highest BCUT2D eigenvalue weighted by molar-refractivity contribution is 9.10. The van der Waals surface area contributed by atoms with Crippen molar-refractivity contribution in [2.75, 3.05) is 20.1 Å². The van der Waals surface area contributed by atoms with Gasteiger partial charge in [-0.1, -0.05) is 27.5 Å². The lowest BCUT2D eigenvalue weighted by Gasteiger charge is -2.39. The van der Waals surface area contributed by atoms with Gasteiger partial charge >= 0.3 is 0 Å². The van der Waals surface area contributed by atoms with E-state index >= 15 is 0 Å². The van der Waals surface area contributed by atoms with Crippen LogP contribution in [-0.2, 0) is 11.2 Å². The number of halogens is 2. The van der Waals surface area contributed by atoms with Gasteiger partial charge < -0.3 is 10.2 Å². The van der Waals surface area contributed by atoms with Crippen molar-refractivity contribution in [3.05, 3.63) is 32.8 Å². The number of nitrogens with zero attached hydrogens (tertiary/aromatic N) is 2. The fraction of sp³-hybridized carbons (Fsp3) is 0.500. The first-order valence-electron chi connectivity index (χ1n) is 7.23. The van der Waals surface area contributed by atoms with E-state index in [-0.39, 0.29) is 12.3 Å². The molecule has 0 bridgehead atoms. The van der Waals surface area contributed by atoms with Crippen LogP contribution in [-0.4, -0.2) is 36.5 Å². The topological polar surface area (TPSA) is 56.1 Å². The normalized spacial score (nSPS) is 16.9. The molecule has 1 aliphatic heterocycles. The van der Waals surface area contributed by atoms with E-state index in [1.807, 2.05) is 13.0 Å². The van der Waals surface area contributed by atoms with E-state index in [1.165, 1.54) is 0 Å². The van der Waals surface area contributed by atoms with Gasteiger partial charge in [0.15, 0.2) is 0 Å². The monoisotopic (exact) mass is 383 g/mol. The third kappa shape index (κ3) is 3.45. The van der Waals surface area contributed by atoms with Crippen LogP contribution in [0, 0.1) is 18.3 Å². The summed E-state index contributed by atoms with van der Waals surface area (Å²) in [4.78, 5) is 14.3. The number of carbonyl (C=O) groups is 1. The van der Waals surface area contributed by atoms with Crippen molar-refractivity contribution in [2.45, 2.75) is 31.7 Å². The first-order chi connectivity index (χ1) is 10.4. The Kier molecular flexibility index (Phi) is 5.49. The Labute approximate surface area is 144 Å². The van der Waals surface area contributed by atoms with E-state index in [9.17, 15) is 10.1 Å². The molecule has 2 rings (SSSR count). The quantitative estimate of drug-likeness (QED) is 0.871. The fourth-order valence-electron chi connectivity index (χ4n) is 2.83. The van der Waals surface area contributed by atoms with Gasteiger partial charge in [-0.25, -0.2) is 0 Å². The standard InChI is InChI=1S/C16H19BrClN3O/c1-11-7-12(17)8-14(18)13(11)9-15(22)21(2)16(10-19)3-5-20-6-4-16/h7-8,20H,3-6,9H2,1-2H3. The molecule has 118 valence electrons. The summed E-state index contributed by atoms with van der Waals surface area (Å²) in [5.41, 5.74) is 1.08. The molecule has 4 nitrogen and oxygen atoms in total. The van der Waals surface area contributed by atoms with Crippen molar-refractivity contribution in [1.82, 2.24) is 10.2 Å². The first kappa shape index (κ1) is 17.3. The molecule has 0 aliphatic carbocycles. The van der Waals surface area contributed by atoms with Gasteiger partial charge in [-0.15, -0.1) is 0 Å².